The van der Waals surface area contributed by atoms with E-state index in [2.05, 4.69) is 21.2 Å². The highest BCUT2D eigenvalue weighted by Gasteiger charge is 2.28. The van der Waals surface area contributed by atoms with Gasteiger partial charge in [0.25, 0.3) is 5.69 Å². The van der Waals surface area contributed by atoms with Crippen molar-refractivity contribution >= 4 is 33.7 Å². The first-order chi connectivity index (χ1) is 10.5. The van der Waals surface area contributed by atoms with Crippen molar-refractivity contribution in [2.24, 2.45) is 0 Å². The Hall–Kier alpha value is -2.16. The Balaban J connectivity index is 3.15. The summed E-state index contributed by atoms with van der Waals surface area (Å²) in [5.41, 5.74) is -0.975. The summed E-state index contributed by atoms with van der Waals surface area (Å²) < 4.78 is 5.54. The molecule has 0 aromatic heterocycles. The van der Waals surface area contributed by atoms with Crippen molar-refractivity contribution in [3.8, 4) is 0 Å². The minimum Gasteiger partial charge on any atom is -0.481 e. The number of carboxylic acid groups (broad SMARTS) is 1. The lowest BCUT2D eigenvalue weighted by molar-refractivity contribution is -0.385. The van der Waals surface area contributed by atoms with E-state index in [0.717, 1.165) is 0 Å². The van der Waals surface area contributed by atoms with Crippen LogP contribution in [0.4, 0.5) is 10.5 Å². The largest absolute Gasteiger partial charge is 0.481 e. The Morgan fingerprint density at radius 2 is 2.04 bits per heavy atom. The second kappa shape index (κ2) is 7.40. The van der Waals surface area contributed by atoms with Crippen LogP contribution in [-0.4, -0.2) is 27.7 Å². The van der Waals surface area contributed by atoms with Gasteiger partial charge in [0.1, 0.15) is 5.60 Å². The SMILES string of the molecule is CC(C)(C)OC(=O)N[C@H](CC(=O)O)c1ccc(Br)cc1[N+](=O)[O-]. The van der Waals surface area contributed by atoms with Crippen LogP contribution in [0, 0.1) is 10.1 Å². The number of rotatable bonds is 5. The van der Waals surface area contributed by atoms with Crippen molar-refractivity contribution in [2.45, 2.75) is 38.8 Å². The number of alkyl carbamates (subject to hydrolysis) is 1. The highest BCUT2D eigenvalue weighted by molar-refractivity contribution is 9.10. The van der Waals surface area contributed by atoms with Crippen LogP contribution in [0.5, 0.6) is 0 Å². The predicted molar refractivity (Wildman–Crippen MR) is 85.2 cm³/mol. The Morgan fingerprint density at radius 3 is 2.52 bits per heavy atom. The van der Waals surface area contributed by atoms with Crippen LogP contribution in [0.25, 0.3) is 0 Å². The summed E-state index contributed by atoms with van der Waals surface area (Å²) >= 11 is 3.12. The highest BCUT2D eigenvalue weighted by Crippen LogP contribution is 2.30. The third-order valence-corrected chi connectivity index (χ3v) is 3.13. The number of nitrogens with one attached hydrogen (secondary N) is 1. The molecule has 0 bridgehead atoms. The van der Waals surface area contributed by atoms with Gasteiger partial charge in [-0.25, -0.2) is 4.79 Å². The van der Waals surface area contributed by atoms with Crippen LogP contribution in [0.1, 0.15) is 38.8 Å². The molecule has 1 atom stereocenters. The zero-order chi connectivity index (χ0) is 17.8. The van der Waals surface area contributed by atoms with E-state index in [1.807, 2.05) is 0 Å². The maximum Gasteiger partial charge on any atom is 0.408 e. The summed E-state index contributed by atoms with van der Waals surface area (Å²) in [7, 11) is 0. The number of nitro benzene ring substituents is 1. The van der Waals surface area contributed by atoms with Gasteiger partial charge in [0, 0.05) is 10.5 Å². The quantitative estimate of drug-likeness (QED) is 0.589. The molecule has 0 unspecified atom stereocenters. The van der Waals surface area contributed by atoms with Crippen molar-refractivity contribution < 1.29 is 24.4 Å². The molecule has 0 fully saturated rings. The third kappa shape index (κ3) is 6.23. The topological polar surface area (TPSA) is 119 Å². The Bertz CT molecular complexity index is 626. The van der Waals surface area contributed by atoms with Gasteiger partial charge in [0.2, 0.25) is 0 Å². The molecule has 0 aliphatic heterocycles. The van der Waals surface area contributed by atoms with E-state index in [1.165, 1.54) is 18.2 Å². The zero-order valence-corrected chi connectivity index (χ0v) is 14.4. The van der Waals surface area contributed by atoms with Gasteiger partial charge >= 0.3 is 12.1 Å². The maximum absolute atomic E-state index is 11.9. The molecule has 0 radical (unpaired) electrons. The highest BCUT2D eigenvalue weighted by atomic mass is 79.9. The van der Waals surface area contributed by atoms with Crippen LogP contribution in [0.2, 0.25) is 0 Å². The summed E-state index contributed by atoms with van der Waals surface area (Å²) in [4.78, 5) is 33.4. The molecule has 0 heterocycles. The van der Waals surface area contributed by atoms with E-state index in [9.17, 15) is 19.7 Å². The van der Waals surface area contributed by atoms with Gasteiger partial charge in [-0.15, -0.1) is 0 Å². The second-order valence-electron chi connectivity index (χ2n) is 5.76. The van der Waals surface area contributed by atoms with Gasteiger partial charge in [0.15, 0.2) is 0 Å². The monoisotopic (exact) mass is 388 g/mol. The fourth-order valence-corrected chi connectivity index (χ4v) is 2.18. The molecule has 0 spiro atoms. The average molecular weight is 389 g/mol. The number of amides is 1. The average Bonchev–Trinajstić information content (AvgIpc) is 2.34. The summed E-state index contributed by atoms with van der Waals surface area (Å²) in [6.07, 6.45) is -1.36. The van der Waals surface area contributed by atoms with Crippen molar-refractivity contribution in [3.05, 3.63) is 38.3 Å². The van der Waals surface area contributed by atoms with Gasteiger partial charge in [0.05, 0.1) is 22.9 Å². The molecule has 1 rings (SSSR count). The molecule has 2 N–H and O–H groups in total. The number of carbonyl (C=O) groups excluding carboxylic acids is 1. The minimum absolute atomic E-state index is 0.0893. The zero-order valence-electron chi connectivity index (χ0n) is 12.8. The molecule has 0 saturated carbocycles. The van der Waals surface area contributed by atoms with Crippen molar-refractivity contribution in [2.75, 3.05) is 0 Å². The first kappa shape index (κ1) is 18.9. The lowest BCUT2D eigenvalue weighted by Crippen LogP contribution is -2.36. The number of ether oxygens (including phenoxy) is 1. The van der Waals surface area contributed by atoms with E-state index in [0.29, 0.717) is 4.47 Å². The smallest absolute Gasteiger partial charge is 0.408 e. The fourth-order valence-electron chi connectivity index (χ4n) is 1.83. The first-order valence-electron chi connectivity index (χ1n) is 6.65. The lowest BCUT2D eigenvalue weighted by Gasteiger charge is -2.23. The summed E-state index contributed by atoms with van der Waals surface area (Å²) in [6, 6.07) is 3.10. The van der Waals surface area contributed by atoms with E-state index < -0.39 is 35.0 Å². The molecule has 9 heteroatoms. The van der Waals surface area contributed by atoms with Crippen LogP contribution in [-0.2, 0) is 9.53 Å². The number of nitro groups is 1. The lowest BCUT2D eigenvalue weighted by atomic mass is 10.0. The van der Waals surface area contributed by atoms with E-state index in [4.69, 9.17) is 9.84 Å². The molecule has 0 aliphatic rings. The van der Waals surface area contributed by atoms with Crippen molar-refractivity contribution in [3.63, 3.8) is 0 Å². The van der Waals surface area contributed by atoms with Crippen LogP contribution < -0.4 is 5.32 Å². The Morgan fingerprint density at radius 1 is 1.43 bits per heavy atom. The molecule has 0 aliphatic carbocycles. The third-order valence-electron chi connectivity index (χ3n) is 2.63. The number of halogens is 1. The first-order valence-corrected chi connectivity index (χ1v) is 7.44. The number of carbonyl (C=O) groups is 2. The number of nitrogens with zero attached hydrogens (tertiary/aromatic N) is 1. The van der Waals surface area contributed by atoms with Crippen LogP contribution in [0.3, 0.4) is 0 Å². The second-order valence-corrected chi connectivity index (χ2v) is 6.67. The molecular weight excluding hydrogens is 372 g/mol. The Labute approximate surface area is 141 Å². The summed E-state index contributed by atoms with van der Waals surface area (Å²) in [6.45, 7) is 4.96. The molecule has 0 saturated heterocycles. The predicted octanol–water partition coefficient (Wildman–Crippen LogP) is 3.40. The standard InChI is InChI=1S/C14H17BrN2O6/c1-14(2,3)23-13(20)16-10(7-12(18)19)9-5-4-8(15)6-11(9)17(21)22/h4-6,10H,7H2,1-3H3,(H,16,20)(H,18,19)/t10-/m1/s1. The fraction of sp³-hybridized carbons (Fsp3) is 0.429. The van der Waals surface area contributed by atoms with Crippen LogP contribution >= 0.6 is 15.9 Å². The molecule has 1 amide bonds. The van der Waals surface area contributed by atoms with Crippen molar-refractivity contribution in [1.29, 1.82) is 0 Å². The van der Waals surface area contributed by atoms with E-state index in [-0.39, 0.29) is 11.3 Å². The molecular formula is C14H17BrN2O6. The Kier molecular flexibility index (Phi) is 6.08. The number of aliphatic carboxylic acids is 1. The number of hydrogen-bond donors (Lipinski definition) is 2. The molecule has 126 valence electrons. The minimum atomic E-state index is -1.21. The number of hydrogen-bond acceptors (Lipinski definition) is 5. The van der Waals surface area contributed by atoms with Gasteiger partial charge in [-0.05, 0) is 32.9 Å². The molecule has 1 aromatic carbocycles. The molecule has 8 nitrogen and oxygen atoms in total. The normalized spacial score (nSPS) is 12.3. The number of benzene rings is 1. The van der Waals surface area contributed by atoms with E-state index in [1.54, 1.807) is 20.8 Å². The molecule has 1 aromatic rings. The van der Waals surface area contributed by atoms with E-state index >= 15 is 0 Å². The van der Waals surface area contributed by atoms with Gasteiger partial charge in [-0.2, -0.15) is 0 Å². The maximum atomic E-state index is 11.9. The number of carboxylic acids is 1. The van der Waals surface area contributed by atoms with Crippen LogP contribution in [0.15, 0.2) is 22.7 Å². The van der Waals surface area contributed by atoms with Gasteiger partial charge < -0.3 is 15.2 Å². The molecule has 23 heavy (non-hydrogen) atoms. The van der Waals surface area contributed by atoms with Gasteiger partial charge in [-0.1, -0.05) is 15.9 Å². The summed E-state index contributed by atoms with van der Waals surface area (Å²) in [5, 5.41) is 22.5. The summed E-state index contributed by atoms with van der Waals surface area (Å²) in [5.74, 6) is -1.21. The van der Waals surface area contributed by atoms with Crippen molar-refractivity contribution in [1.82, 2.24) is 5.32 Å². The van der Waals surface area contributed by atoms with Gasteiger partial charge in [-0.3, -0.25) is 14.9 Å².